The highest BCUT2D eigenvalue weighted by Gasteiger charge is 2.10. The van der Waals surface area contributed by atoms with Crippen LogP contribution in [0.25, 0.3) is 0 Å². The lowest BCUT2D eigenvalue weighted by atomic mass is 10.2. The maximum Gasteiger partial charge on any atom is 0.330 e. The third-order valence-corrected chi connectivity index (χ3v) is 3.67. The summed E-state index contributed by atoms with van der Waals surface area (Å²) in [7, 11) is -1.11. The van der Waals surface area contributed by atoms with Crippen LogP contribution in [0.4, 0.5) is 0 Å². The molecule has 1 aromatic rings. The molecule has 0 amide bonds. The van der Waals surface area contributed by atoms with E-state index in [1.807, 2.05) is 36.4 Å². The Bertz CT molecular complexity index is 377. The normalized spacial score (nSPS) is 11.7. The highest BCUT2D eigenvalue weighted by atomic mass is 28.3. The van der Waals surface area contributed by atoms with Crippen LogP contribution < -0.4 is 0 Å². The predicted molar refractivity (Wildman–Crippen MR) is 73.5 cm³/mol. The maximum atomic E-state index is 11.4. The minimum Gasteiger partial charge on any atom is -0.458 e. The van der Waals surface area contributed by atoms with Crippen molar-refractivity contribution in [1.82, 2.24) is 0 Å². The number of hydrogen-bond donors (Lipinski definition) is 0. The van der Waals surface area contributed by atoms with Gasteiger partial charge in [0.1, 0.15) is 6.61 Å². The Morgan fingerprint density at radius 1 is 1.24 bits per heavy atom. The van der Waals surface area contributed by atoms with E-state index in [-0.39, 0.29) is 5.97 Å². The molecule has 0 unspecified atom stereocenters. The molecule has 0 spiro atoms. The van der Waals surface area contributed by atoms with E-state index in [0.29, 0.717) is 6.61 Å². The number of allylic oxidation sites excluding steroid dienone is 1. The molecular formula is C14H20O2Si. The fourth-order valence-electron chi connectivity index (χ4n) is 1.29. The molecule has 0 saturated carbocycles. The minimum atomic E-state index is -1.11. The lowest BCUT2D eigenvalue weighted by molar-refractivity contribution is -0.139. The Balaban J connectivity index is 2.31. The first-order chi connectivity index (χ1) is 7.97. The zero-order chi connectivity index (χ0) is 12.7. The van der Waals surface area contributed by atoms with Gasteiger partial charge in [-0.05, 0) is 11.6 Å². The molecule has 0 aliphatic heterocycles. The first-order valence-electron chi connectivity index (χ1n) is 5.84. The second-order valence-corrected chi connectivity index (χ2v) is 10.8. The topological polar surface area (TPSA) is 26.3 Å². The molecule has 0 aliphatic carbocycles. The Morgan fingerprint density at radius 2 is 1.88 bits per heavy atom. The van der Waals surface area contributed by atoms with E-state index in [2.05, 4.69) is 19.6 Å². The highest BCUT2D eigenvalue weighted by Crippen LogP contribution is 2.08. The zero-order valence-electron chi connectivity index (χ0n) is 10.8. The van der Waals surface area contributed by atoms with Gasteiger partial charge in [0.2, 0.25) is 0 Å². The first kappa shape index (κ1) is 13.7. The first-order valence-corrected chi connectivity index (χ1v) is 9.55. The van der Waals surface area contributed by atoms with Gasteiger partial charge in [-0.2, -0.15) is 0 Å². The van der Waals surface area contributed by atoms with Crippen molar-refractivity contribution in [1.29, 1.82) is 0 Å². The molecule has 1 aromatic carbocycles. The zero-order valence-corrected chi connectivity index (χ0v) is 11.8. The summed E-state index contributed by atoms with van der Waals surface area (Å²) >= 11 is 0. The highest BCUT2D eigenvalue weighted by molar-refractivity contribution is 6.76. The molecule has 17 heavy (non-hydrogen) atoms. The van der Waals surface area contributed by atoms with Crippen LogP contribution in [0.1, 0.15) is 5.56 Å². The van der Waals surface area contributed by atoms with E-state index >= 15 is 0 Å². The van der Waals surface area contributed by atoms with Crippen LogP contribution in [0.2, 0.25) is 25.7 Å². The smallest absolute Gasteiger partial charge is 0.330 e. The van der Waals surface area contributed by atoms with Gasteiger partial charge < -0.3 is 4.74 Å². The van der Waals surface area contributed by atoms with Gasteiger partial charge in [0.05, 0.1) is 0 Å². The van der Waals surface area contributed by atoms with Crippen LogP contribution in [0.5, 0.6) is 0 Å². The van der Waals surface area contributed by atoms with Gasteiger partial charge in [-0.1, -0.05) is 56.0 Å². The number of carbonyl (C=O) groups is 1. The summed E-state index contributed by atoms with van der Waals surface area (Å²) in [6, 6.07) is 10.7. The molecule has 0 aliphatic rings. The quantitative estimate of drug-likeness (QED) is 0.452. The molecule has 0 heterocycles. The van der Waals surface area contributed by atoms with E-state index in [4.69, 9.17) is 4.74 Å². The standard InChI is InChI=1S/C14H20O2Si/c1-17(2,3)11-7-10-14(15)16-12-13-8-5-4-6-9-13/h4-10H,11-12H2,1-3H3/b10-7+. The van der Waals surface area contributed by atoms with Crippen LogP contribution in [0.3, 0.4) is 0 Å². The lowest BCUT2D eigenvalue weighted by Gasteiger charge is -2.11. The molecule has 0 N–H and O–H groups in total. The van der Waals surface area contributed by atoms with E-state index in [1.165, 1.54) is 0 Å². The third-order valence-electron chi connectivity index (χ3n) is 2.21. The fourth-order valence-corrected chi connectivity index (χ4v) is 2.11. The third kappa shape index (κ3) is 6.74. The molecule has 2 nitrogen and oxygen atoms in total. The van der Waals surface area contributed by atoms with Crippen LogP contribution in [0.15, 0.2) is 42.5 Å². The Labute approximate surface area is 104 Å². The summed E-state index contributed by atoms with van der Waals surface area (Å²) in [6.07, 6.45) is 3.47. The van der Waals surface area contributed by atoms with Crippen molar-refractivity contribution in [3.63, 3.8) is 0 Å². The number of ether oxygens (including phenoxy) is 1. The lowest BCUT2D eigenvalue weighted by Crippen LogP contribution is -2.17. The molecule has 0 bridgehead atoms. The molecule has 0 fully saturated rings. The average molecular weight is 248 g/mol. The molecule has 0 aromatic heterocycles. The summed E-state index contributed by atoms with van der Waals surface area (Å²) in [5.74, 6) is -0.257. The maximum absolute atomic E-state index is 11.4. The van der Waals surface area contributed by atoms with Gasteiger partial charge in [0.25, 0.3) is 0 Å². The summed E-state index contributed by atoms with van der Waals surface area (Å²) in [5.41, 5.74) is 1.01. The van der Waals surface area contributed by atoms with Gasteiger partial charge in [-0.25, -0.2) is 4.79 Å². The van der Waals surface area contributed by atoms with Crippen molar-refractivity contribution < 1.29 is 9.53 Å². The van der Waals surface area contributed by atoms with Crippen molar-refractivity contribution in [2.24, 2.45) is 0 Å². The molecule has 92 valence electrons. The molecule has 1 rings (SSSR count). The SMILES string of the molecule is C[Si](C)(C)C/C=C/C(=O)OCc1ccccc1. The van der Waals surface area contributed by atoms with E-state index in [0.717, 1.165) is 11.6 Å². The number of hydrogen-bond acceptors (Lipinski definition) is 2. The van der Waals surface area contributed by atoms with Gasteiger partial charge in [-0.3, -0.25) is 0 Å². The van der Waals surface area contributed by atoms with Gasteiger partial charge >= 0.3 is 5.97 Å². The average Bonchev–Trinajstić information content (AvgIpc) is 2.26. The molecule has 0 atom stereocenters. The number of benzene rings is 1. The summed E-state index contributed by atoms with van der Waals surface area (Å²) in [4.78, 5) is 11.4. The fraction of sp³-hybridized carbons (Fsp3) is 0.357. The predicted octanol–water partition coefficient (Wildman–Crippen LogP) is 3.62. The van der Waals surface area contributed by atoms with Crippen molar-refractivity contribution in [2.75, 3.05) is 0 Å². The van der Waals surface area contributed by atoms with Crippen molar-refractivity contribution in [3.8, 4) is 0 Å². The molecule has 0 saturated heterocycles. The van der Waals surface area contributed by atoms with Crippen LogP contribution in [-0.2, 0) is 16.1 Å². The van der Waals surface area contributed by atoms with Crippen molar-refractivity contribution in [3.05, 3.63) is 48.0 Å². The van der Waals surface area contributed by atoms with Crippen LogP contribution in [0, 0.1) is 0 Å². The monoisotopic (exact) mass is 248 g/mol. The number of rotatable bonds is 5. The van der Waals surface area contributed by atoms with Crippen LogP contribution >= 0.6 is 0 Å². The van der Waals surface area contributed by atoms with E-state index in [9.17, 15) is 4.79 Å². The van der Waals surface area contributed by atoms with Crippen LogP contribution in [-0.4, -0.2) is 14.0 Å². The summed E-state index contributed by atoms with van der Waals surface area (Å²) in [5, 5.41) is 0. The Kier molecular flexibility index (Phi) is 5.16. The van der Waals surface area contributed by atoms with Crippen molar-refractivity contribution >= 4 is 14.0 Å². The molecule has 0 radical (unpaired) electrons. The number of carbonyl (C=O) groups excluding carboxylic acids is 1. The summed E-state index contributed by atoms with van der Waals surface area (Å²) < 4.78 is 5.13. The summed E-state index contributed by atoms with van der Waals surface area (Å²) in [6.45, 7) is 7.16. The second-order valence-electron chi connectivity index (χ2n) is 5.26. The molecular weight excluding hydrogens is 228 g/mol. The van der Waals surface area contributed by atoms with E-state index in [1.54, 1.807) is 6.08 Å². The Hall–Kier alpha value is -1.35. The van der Waals surface area contributed by atoms with Crippen molar-refractivity contribution in [2.45, 2.75) is 32.3 Å². The minimum absolute atomic E-state index is 0.257. The van der Waals surface area contributed by atoms with Gasteiger partial charge in [0.15, 0.2) is 0 Å². The second kappa shape index (κ2) is 6.40. The molecule has 3 heteroatoms. The largest absolute Gasteiger partial charge is 0.458 e. The number of esters is 1. The Morgan fingerprint density at radius 3 is 2.47 bits per heavy atom. The van der Waals surface area contributed by atoms with Gasteiger partial charge in [0, 0.05) is 14.1 Å². The van der Waals surface area contributed by atoms with E-state index < -0.39 is 8.07 Å². The van der Waals surface area contributed by atoms with Gasteiger partial charge in [-0.15, -0.1) is 0 Å².